The Bertz CT molecular complexity index is 372. The lowest BCUT2D eigenvalue weighted by Crippen LogP contribution is -2.16. The van der Waals surface area contributed by atoms with Gasteiger partial charge in [-0.1, -0.05) is 20.8 Å². The second-order valence-corrected chi connectivity index (χ2v) is 4.37. The molecule has 0 spiro atoms. The van der Waals surface area contributed by atoms with Crippen molar-refractivity contribution in [3.05, 3.63) is 11.6 Å². The maximum Gasteiger partial charge on any atom is 0.334 e. The first-order chi connectivity index (χ1) is 10.0. The van der Waals surface area contributed by atoms with Gasteiger partial charge in [-0.25, -0.2) is 9.59 Å². The zero-order chi connectivity index (χ0) is 16.1. The number of ether oxygens (including phenoxy) is 3. The maximum atomic E-state index is 11.8. The van der Waals surface area contributed by atoms with Crippen LogP contribution in [0.2, 0.25) is 0 Å². The van der Waals surface area contributed by atoms with Crippen LogP contribution in [-0.4, -0.2) is 37.7 Å². The largest absolute Gasteiger partial charge is 0.465 e. The number of hydrogen-bond donors (Lipinski definition) is 0. The molecule has 0 aromatic heterocycles. The van der Waals surface area contributed by atoms with Crippen molar-refractivity contribution in [3.8, 4) is 0 Å². The number of carbonyl (C=O) groups excluding carboxylic acids is 3. The third kappa shape index (κ3) is 9.65. The topological polar surface area (TPSA) is 78.9 Å². The normalized spacial score (nSPS) is 10.9. The van der Waals surface area contributed by atoms with E-state index < -0.39 is 17.9 Å². The van der Waals surface area contributed by atoms with Gasteiger partial charge in [0.05, 0.1) is 31.8 Å². The third-order valence-electron chi connectivity index (χ3n) is 2.24. The second kappa shape index (κ2) is 11.9. The van der Waals surface area contributed by atoms with Crippen LogP contribution >= 0.6 is 0 Å². The van der Waals surface area contributed by atoms with Crippen LogP contribution in [0.3, 0.4) is 0 Å². The summed E-state index contributed by atoms with van der Waals surface area (Å²) in [5, 5.41) is 0. The van der Waals surface area contributed by atoms with Crippen molar-refractivity contribution in [2.45, 2.75) is 46.5 Å². The highest BCUT2D eigenvalue weighted by molar-refractivity contribution is 5.99. The predicted octanol–water partition coefficient (Wildman–Crippen LogP) is 2.16. The Morgan fingerprint density at radius 3 is 1.90 bits per heavy atom. The molecule has 0 aromatic carbocycles. The minimum atomic E-state index is -0.696. The summed E-state index contributed by atoms with van der Waals surface area (Å²) in [6.07, 6.45) is 2.71. The summed E-state index contributed by atoms with van der Waals surface area (Å²) in [6, 6.07) is 0. The average Bonchev–Trinajstić information content (AvgIpc) is 2.47. The molecule has 6 heteroatoms. The summed E-state index contributed by atoms with van der Waals surface area (Å²) in [4.78, 5) is 34.9. The molecule has 0 bridgehead atoms. The monoisotopic (exact) mass is 300 g/mol. The Kier molecular flexibility index (Phi) is 10.9. The highest BCUT2D eigenvalue weighted by atomic mass is 16.5. The van der Waals surface area contributed by atoms with E-state index >= 15 is 0 Å². The molecule has 0 aromatic rings. The van der Waals surface area contributed by atoms with Crippen molar-refractivity contribution in [1.82, 2.24) is 0 Å². The second-order valence-electron chi connectivity index (χ2n) is 4.37. The van der Waals surface area contributed by atoms with E-state index in [0.29, 0.717) is 19.3 Å². The average molecular weight is 300 g/mol. The molecule has 0 amide bonds. The van der Waals surface area contributed by atoms with E-state index in [9.17, 15) is 14.4 Å². The molecule has 0 aliphatic heterocycles. The van der Waals surface area contributed by atoms with Gasteiger partial charge in [0, 0.05) is 6.08 Å². The van der Waals surface area contributed by atoms with E-state index in [4.69, 9.17) is 14.2 Å². The fourth-order valence-electron chi connectivity index (χ4n) is 1.28. The fraction of sp³-hybridized carbons (Fsp3) is 0.667. The molecule has 0 radical (unpaired) electrons. The van der Waals surface area contributed by atoms with Gasteiger partial charge in [0.1, 0.15) is 0 Å². The van der Waals surface area contributed by atoms with Gasteiger partial charge >= 0.3 is 17.9 Å². The van der Waals surface area contributed by atoms with Gasteiger partial charge in [-0.15, -0.1) is 0 Å². The molecule has 0 unspecified atom stereocenters. The molecular formula is C15H24O6. The molecule has 0 aliphatic rings. The lowest BCUT2D eigenvalue weighted by atomic mass is 10.2. The Hall–Kier alpha value is -1.85. The van der Waals surface area contributed by atoms with Crippen LogP contribution in [0.15, 0.2) is 11.6 Å². The molecule has 0 rings (SSSR count). The van der Waals surface area contributed by atoms with Crippen LogP contribution in [-0.2, 0) is 28.6 Å². The number of hydrogen-bond acceptors (Lipinski definition) is 6. The van der Waals surface area contributed by atoms with Crippen molar-refractivity contribution >= 4 is 17.9 Å². The number of esters is 3. The Labute approximate surface area is 125 Å². The van der Waals surface area contributed by atoms with E-state index in [0.717, 1.165) is 6.08 Å². The number of carbonyl (C=O) groups is 3. The van der Waals surface area contributed by atoms with Crippen LogP contribution in [0.25, 0.3) is 0 Å². The molecule has 0 saturated heterocycles. The highest BCUT2D eigenvalue weighted by Crippen LogP contribution is 2.08. The molecule has 21 heavy (non-hydrogen) atoms. The standard InChI is InChI=1S/C15H24O6/c1-4-7-19-13(16)10-12(15(18)21-9-6-3)11-14(17)20-8-5-2/h10H,4-9,11H2,1-3H3/b12-10-. The minimum Gasteiger partial charge on any atom is -0.465 e. The molecule has 0 N–H and O–H groups in total. The van der Waals surface area contributed by atoms with E-state index in [1.165, 1.54) is 0 Å². The molecule has 0 atom stereocenters. The predicted molar refractivity (Wildman–Crippen MR) is 76.5 cm³/mol. The van der Waals surface area contributed by atoms with Gasteiger partial charge in [-0.3, -0.25) is 4.79 Å². The Morgan fingerprint density at radius 1 is 0.810 bits per heavy atom. The van der Waals surface area contributed by atoms with Crippen LogP contribution in [0.5, 0.6) is 0 Å². The first-order valence-electron chi connectivity index (χ1n) is 7.25. The summed E-state index contributed by atoms with van der Waals surface area (Å²) in [6.45, 7) is 6.33. The van der Waals surface area contributed by atoms with Gasteiger partial charge in [-0.2, -0.15) is 0 Å². The van der Waals surface area contributed by atoms with E-state index in [1.54, 1.807) is 0 Å². The summed E-state index contributed by atoms with van der Waals surface area (Å²) >= 11 is 0. The molecule has 6 nitrogen and oxygen atoms in total. The Morgan fingerprint density at radius 2 is 1.33 bits per heavy atom. The minimum absolute atomic E-state index is 0.0503. The summed E-state index contributed by atoms with van der Waals surface area (Å²) in [5.41, 5.74) is -0.0503. The molecular weight excluding hydrogens is 276 g/mol. The van der Waals surface area contributed by atoms with Crippen LogP contribution in [0, 0.1) is 0 Å². The van der Waals surface area contributed by atoms with Crippen molar-refractivity contribution in [3.63, 3.8) is 0 Å². The molecule has 0 heterocycles. The summed E-state index contributed by atoms with van der Waals surface area (Å²) in [7, 11) is 0. The van der Waals surface area contributed by atoms with E-state index in [2.05, 4.69) is 0 Å². The molecule has 0 fully saturated rings. The zero-order valence-electron chi connectivity index (χ0n) is 13.0. The number of rotatable bonds is 10. The van der Waals surface area contributed by atoms with Crippen LogP contribution in [0.4, 0.5) is 0 Å². The van der Waals surface area contributed by atoms with Crippen molar-refractivity contribution in [2.24, 2.45) is 0 Å². The van der Waals surface area contributed by atoms with Crippen LogP contribution < -0.4 is 0 Å². The van der Waals surface area contributed by atoms with Gasteiger partial charge in [0.15, 0.2) is 0 Å². The van der Waals surface area contributed by atoms with Gasteiger partial charge in [-0.05, 0) is 19.3 Å². The smallest absolute Gasteiger partial charge is 0.334 e. The molecule has 0 saturated carbocycles. The first kappa shape index (κ1) is 19.1. The van der Waals surface area contributed by atoms with Crippen molar-refractivity contribution < 1.29 is 28.6 Å². The molecule has 0 aliphatic carbocycles. The Balaban J connectivity index is 4.74. The van der Waals surface area contributed by atoms with E-state index in [-0.39, 0.29) is 31.8 Å². The summed E-state index contributed by atoms with van der Waals surface area (Å²) in [5.74, 6) is -1.93. The van der Waals surface area contributed by atoms with Crippen molar-refractivity contribution in [2.75, 3.05) is 19.8 Å². The van der Waals surface area contributed by atoms with Gasteiger partial charge < -0.3 is 14.2 Å². The van der Waals surface area contributed by atoms with Crippen molar-refractivity contribution in [1.29, 1.82) is 0 Å². The third-order valence-corrected chi connectivity index (χ3v) is 2.24. The van der Waals surface area contributed by atoms with Crippen LogP contribution in [0.1, 0.15) is 46.5 Å². The van der Waals surface area contributed by atoms with Gasteiger partial charge in [0.2, 0.25) is 0 Å². The quantitative estimate of drug-likeness (QED) is 0.349. The highest BCUT2D eigenvalue weighted by Gasteiger charge is 2.18. The van der Waals surface area contributed by atoms with Gasteiger partial charge in [0.25, 0.3) is 0 Å². The SMILES string of the molecule is CCCOC(=O)/C=C(/CC(=O)OCCC)C(=O)OCCC. The fourth-order valence-corrected chi connectivity index (χ4v) is 1.28. The van der Waals surface area contributed by atoms with E-state index in [1.807, 2.05) is 20.8 Å². The summed E-state index contributed by atoms with van der Waals surface area (Å²) < 4.78 is 14.7. The lowest BCUT2D eigenvalue weighted by molar-refractivity contribution is -0.146. The first-order valence-corrected chi connectivity index (χ1v) is 7.25. The zero-order valence-corrected chi connectivity index (χ0v) is 13.0. The molecule has 120 valence electrons. The lowest BCUT2D eigenvalue weighted by Gasteiger charge is -2.08. The maximum absolute atomic E-state index is 11.8.